The number of aromatic nitrogens is 2. The molecule has 1 aliphatic heterocycles. The summed E-state index contributed by atoms with van der Waals surface area (Å²) in [7, 11) is 1.73. The van der Waals surface area contributed by atoms with Crippen molar-refractivity contribution in [2.45, 2.75) is 50.2 Å². The van der Waals surface area contributed by atoms with Gasteiger partial charge < -0.3 is 14.6 Å². The lowest BCUT2D eigenvalue weighted by Crippen LogP contribution is -2.37. The fourth-order valence-corrected chi connectivity index (χ4v) is 2.64. The van der Waals surface area contributed by atoms with Crippen molar-refractivity contribution in [3.05, 3.63) is 11.7 Å². The Balaban J connectivity index is 1.77. The predicted octanol–water partition coefficient (Wildman–Crippen LogP) is 1.91. The first-order valence-corrected chi connectivity index (χ1v) is 6.47. The van der Waals surface area contributed by atoms with E-state index in [2.05, 4.69) is 15.5 Å². The molecule has 1 aromatic rings. The quantitative estimate of drug-likeness (QED) is 0.870. The van der Waals surface area contributed by atoms with E-state index < -0.39 is 0 Å². The van der Waals surface area contributed by atoms with Crippen molar-refractivity contribution in [2.24, 2.45) is 0 Å². The van der Waals surface area contributed by atoms with Crippen molar-refractivity contribution in [1.82, 2.24) is 15.5 Å². The smallest absolute Gasteiger partial charge is 0.243 e. The molecule has 5 nitrogen and oxygen atoms in total. The SMILES string of the molecule is COC1(c2noc(C3CCCCN3)n2)CCC1. The Morgan fingerprint density at radius 2 is 2.24 bits per heavy atom. The molecule has 0 bridgehead atoms. The topological polar surface area (TPSA) is 60.2 Å². The van der Waals surface area contributed by atoms with Gasteiger partial charge in [-0.2, -0.15) is 4.98 Å². The molecule has 1 atom stereocenters. The molecule has 1 aliphatic carbocycles. The molecule has 1 saturated carbocycles. The highest BCUT2D eigenvalue weighted by atomic mass is 16.5. The number of ether oxygens (including phenoxy) is 1. The van der Waals surface area contributed by atoms with Crippen molar-refractivity contribution in [3.8, 4) is 0 Å². The van der Waals surface area contributed by atoms with E-state index in [1.807, 2.05) is 0 Å². The summed E-state index contributed by atoms with van der Waals surface area (Å²) in [5, 5.41) is 7.52. The van der Waals surface area contributed by atoms with Gasteiger partial charge in [-0.3, -0.25) is 0 Å². The van der Waals surface area contributed by atoms with Gasteiger partial charge in [0, 0.05) is 7.11 Å². The minimum Gasteiger partial charge on any atom is -0.370 e. The number of piperidine rings is 1. The van der Waals surface area contributed by atoms with Crippen LogP contribution in [0.1, 0.15) is 56.3 Å². The Morgan fingerprint density at radius 1 is 1.35 bits per heavy atom. The Morgan fingerprint density at radius 3 is 2.82 bits per heavy atom. The monoisotopic (exact) mass is 237 g/mol. The second-order valence-electron chi connectivity index (χ2n) is 5.01. The minimum absolute atomic E-state index is 0.235. The van der Waals surface area contributed by atoms with Crippen LogP contribution in [0.5, 0.6) is 0 Å². The van der Waals surface area contributed by atoms with Crippen molar-refractivity contribution >= 4 is 0 Å². The number of nitrogens with one attached hydrogen (secondary N) is 1. The van der Waals surface area contributed by atoms with Gasteiger partial charge in [0.1, 0.15) is 5.60 Å². The van der Waals surface area contributed by atoms with Crippen molar-refractivity contribution in [3.63, 3.8) is 0 Å². The highest BCUT2D eigenvalue weighted by Gasteiger charge is 2.43. The van der Waals surface area contributed by atoms with Crippen LogP contribution in [0.2, 0.25) is 0 Å². The molecule has 1 N–H and O–H groups in total. The molecule has 0 radical (unpaired) electrons. The molecule has 1 aromatic heterocycles. The number of methoxy groups -OCH3 is 1. The molecule has 2 aliphatic rings. The van der Waals surface area contributed by atoms with Crippen LogP contribution in [0.3, 0.4) is 0 Å². The van der Waals surface area contributed by atoms with Crippen molar-refractivity contribution in [1.29, 1.82) is 0 Å². The Kier molecular flexibility index (Phi) is 2.88. The summed E-state index contributed by atoms with van der Waals surface area (Å²) >= 11 is 0. The van der Waals surface area contributed by atoms with Crippen molar-refractivity contribution < 1.29 is 9.26 Å². The molecule has 1 saturated heterocycles. The second kappa shape index (κ2) is 4.38. The average molecular weight is 237 g/mol. The van der Waals surface area contributed by atoms with Gasteiger partial charge in [0.25, 0.3) is 0 Å². The molecule has 0 spiro atoms. The molecule has 3 rings (SSSR count). The van der Waals surface area contributed by atoms with Gasteiger partial charge in [-0.05, 0) is 38.6 Å². The first-order chi connectivity index (χ1) is 8.34. The summed E-state index contributed by atoms with van der Waals surface area (Å²) in [6.07, 6.45) is 6.73. The largest absolute Gasteiger partial charge is 0.370 e. The van der Waals surface area contributed by atoms with Crippen LogP contribution in [-0.4, -0.2) is 23.8 Å². The van der Waals surface area contributed by atoms with E-state index in [4.69, 9.17) is 9.26 Å². The van der Waals surface area contributed by atoms with Gasteiger partial charge in [-0.1, -0.05) is 11.6 Å². The second-order valence-corrected chi connectivity index (χ2v) is 5.01. The molecule has 0 amide bonds. The summed E-state index contributed by atoms with van der Waals surface area (Å²) in [5.41, 5.74) is -0.267. The fraction of sp³-hybridized carbons (Fsp3) is 0.833. The third-order valence-electron chi connectivity index (χ3n) is 4.01. The first kappa shape index (κ1) is 11.2. The lowest BCUT2D eigenvalue weighted by molar-refractivity contribution is -0.0858. The number of nitrogens with zero attached hydrogens (tertiary/aromatic N) is 2. The summed E-state index contributed by atoms with van der Waals surface area (Å²) < 4.78 is 10.9. The molecule has 2 heterocycles. The van der Waals surface area contributed by atoms with Crippen LogP contribution in [0.4, 0.5) is 0 Å². The zero-order chi connectivity index (χ0) is 11.7. The fourth-order valence-electron chi connectivity index (χ4n) is 2.64. The number of rotatable bonds is 3. The van der Waals surface area contributed by atoms with E-state index in [0.29, 0.717) is 0 Å². The first-order valence-electron chi connectivity index (χ1n) is 6.47. The summed E-state index contributed by atoms with van der Waals surface area (Å²) in [5.74, 6) is 1.46. The zero-order valence-corrected chi connectivity index (χ0v) is 10.2. The molecule has 0 aromatic carbocycles. The molecule has 2 fully saturated rings. The normalized spacial score (nSPS) is 27.7. The van der Waals surface area contributed by atoms with Crippen molar-refractivity contribution in [2.75, 3.05) is 13.7 Å². The van der Waals surface area contributed by atoms with E-state index in [0.717, 1.165) is 37.5 Å². The van der Waals surface area contributed by atoms with E-state index in [1.165, 1.54) is 19.3 Å². The third-order valence-corrected chi connectivity index (χ3v) is 4.01. The van der Waals surface area contributed by atoms with Crippen LogP contribution < -0.4 is 5.32 Å². The Labute approximate surface area is 101 Å². The van der Waals surface area contributed by atoms with Crippen LogP contribution in [0.15, 0.2) is 4.52 Å². The molecule has 5 heteroatoms. The Hall–Kier alpha value is -0.940. The van der Waals surface area contributed by atoms with Gasteiger partial charge in [0.2, 0.25) is 11.7 Å². The summed E-state index contributed by atoms with van der Waals surface area (Å²) in [6, 6.07) is 0.235. The predicted molar refractivity (Wildman–Crippen MR) is 61.4 cm³/mol. The van der Waals surface area contributed by atoms with E-state index in [9.17, 15) is 0 Å². The maximum atomic E-state index is 5.56. The van der Waals surface area contributed by atoms with Gasteiger partial charge >= 0.3 is 0 Å². The summed E-state index contributed by atoms with van der Waals surface area (Å²) in [4.78, 5) is 4.53. The highest BCUT2D eigenvalue weighted by molar-refractivity contribution is 5.08. The lowest BCUT2D eigenvalue weighted by atomic mass is 9.79. The van der Waals surface area contributed by atoms with Gasteiger partial charge in [-0.25, -0.2) is 0 Å². The molecule has 94 valence electrons. The zero-order valence-electron chi connectivity index (χ0n) is 10.2. The van der Waals surface area contributed by atoms with Crippen LogP contribution >= 0.6 is 0 Å². The number of hydrogen-bond donors (Lipinski definition) is 1. The average Bonchev–Trinajstić information content (AvgIpc) is 2.80. The van der Waals surface area contributed by atoms with Crippen LogP contribution in [0, 0.1) is 0 Å². The molecular formula is C12H19N3O2. The number of hydrogen-bond acceptors (Lipinski definition) is 5. The standard InChI is InChI=1S/C12H19N3O2/c1-16-12(6-4-7-12)11-14-10(17-15-11)9-5-2-3-8-13-9/h9,13H,2-8H2,1H3. The molecule has 1 unspecified atom stereocenters. The molecule has 17 heavy (non-hydrogen) atoms. The molecular weight excluding hydrogens is 218 g/mol. The van der Waals surface area contributed by atoms with Gasteiger partial charge in [0.15, 0.2) is 0 Å². The maximum Gasteiger partial charge on any atom is 0.243 e. The third kappa shape index (κ3) is 1.87. The van der Waals surface area contributed by atoms with E-state index in [-0.39, 0.29) is 11.6 Å². The minimum atomic E-state index is -0.267. The lowest BCUT2D eigenvalue weighted by Gasteiger charge is -2.37. The van der Waals surface area contributed by atoms with E-state index >= 15 is 0 Å². The Bertz CT molecular complexity index is 375. The van der Waals surface area contributed by atoms with Gasteiger partial charge in [0.05, 0.1) is 6.04 Å². The van der Waals surface area contributed by atoms with Crippen LogP contribution in [-0.2, 0) is 10.3 Å². The van der Waals surface area contributed by atoms with Gasteiger partial charge in [-0.15, -0.1) is 0 Å². The highest BCUT2D eigenvalue weighted by Crippen LogP contribution is 2.43. The maximum absolute atomic E-state index is 5.56. The summed E-state index contributed by atoms with van der Waals surface area (Å²) in [6.45, 7) is 1.04. The van der Waals surface area contributed by atoms with Crippen LogP contribution in [0.25, 0.3) is 0 Å². The van der Waals surface area contributed by atoms with E-state index in [1.54, 1.807) is 7.11 Å².